The van der Waals surface area contributed by atoms with Crippen molar-refractivity contribution in [3.05, 3.63) is 35.1 Å². The average Bonchev–Trinajstić information content (AvgIpc) is 2.14. The molecule has 1 nitrogen and oxygen atoms in total. The quantitative estimate of drug-likeness (QED) is 0.808. The van der Waals surface area contributed by atoms with Crippen molar-refractivity contribution < 1.29 is 17.6 Å². The van der Waals surface area contributed by atoms with Gasteiger partial charge in [0.1, 0.15) is 5.82 Å². The van der Waals surface area contributed by atoms with Gasteiger partial charge in [0.15, 0.2) is 0 Å². The summed E-state index contributed by atoms with van der Waals surface area (Å²) in [4.78, 5) is 0. The maximum atomic E-state index is 12.9. The molecule has 0 heterocycles. The van der Waals surface area contributed by atoms with Crippen molar-refractivity contribution in [3.8, 4) is 0 Å². The summed E-state index contributed by atoms with van der Waals surface area (Å²) in [6, 6.07) is 1.89. The van der Waals surface area contributed by atoms with Crippen LogP contribution < -0.4 is 5.73 Å². The third-order valence-electron chi connectivity index (χ3n) is 2.45. The van der Waals surface area contributed by atoms with E-state index < -0.39 is 23.6 Å². The smallest absolute Gasteiger partial charge is 0.324 e. The Bertz CT molecular complexity index is 385. The molecular formula is C12H15F4N. The van der Waals surface area contributed by atoms with Crippen LogP contribution in [0.3, 0.4) is 0 Å². The Morgan fingerprint density at radius 2 is 1.82 bits per heavy atom. The molecule has 1 rings (SSSR count). The highest BCUT2D eigenvalue weighted by Gasteiger charge is 2.35. The second-order valence-corrected chi connectivity index (χ2v) is 4.47. The molecule has 0 aliphatic rings. The minimum absolute atomic E-state index is 0.0485. The van der Waals surface area contributed by atoms with Gasteiger partial charge in [-0.3, -0.25) is 0 Å². The van der Waals surface area contributed by atoms with E-state index in [1.54, 1.807) is 0 Å². The Balaban J connectivity index is 3.15. The molecule has 1 aromatic rings. The van der Waals surface area contributed by atoms with Crippen molar-refractivity contribution >= 4 is 0 Å². The number of hydrogen-bond donors (Lipinski definition) is 1. The topological polar surface area (TPSA) is 26.0 Å². The number of hydrogen-bond acceptors (Lipinski definition) is 1. The van der Waals surface area contributed by atoms with Gasteiger partial charge < -0.3 is 5.73 Å². The average molecular weight is 249 g/mol. The predicted octanol–water partition coefficient (Wildman–Crippen LogP) is 3.89. The van der Waals surface area contributed by atoms with E-state index in [1.807, 2.05) is 13.8 Å². The van der Waals surface area contributed by atoms with Crippen molar-refractivity contribution in [1.82, 2.24) is 0 Å². The normalized spacial score (nSPS) is 14.1. The molecule has 0 spiro atoms. The zero-order valence-corrected chi connectivity index (χ0v) is 9.68. The van der Waals surface area contributed by atoms with Crippen LogP contribution in [-0.4, -0.2) is 0 Å². The minimum atomic E-state index is -4.58. The highest BCUT2D eigenvalue weighted by Crippen LogP contribution is 2.35. The van der Waals surface area contributed by atoms with Crippen LogP contribution in [0.15, 0.2) is 18.2 Å². The Hall–Kier alpha value is -1.10. The maximum Gasteiger partial charge on any atom is 0.416 e. The summed E-state index contributed by atoms with van der Waals surface area (Å²) in [5, 5.41) is 0. The molecule has 96 valence electrons. The summed E-state index contributed by atoms with van der Waals surface area (Å²) in [7, 11) is 0. The zero-order chi connectivity index (χ0) is 13.2. The maximum absolute atomic E-state index is 12.9. The van der Waals surface area contributed by atoms with Crippen LogP contribution >= 0.6 is 0 Å². The van der Waals surface area contributed by atoms with Crippen molar-refractivity contribution in [2.75, 3.05) is 0 Å². The molecule has 0 saturated heterocycles. The number of rotatable bonds is 3. The Morgan fingerprint density at radius 3 is 2.29 bits per heavy atom. The van der Waals surface area contributed by atoms with E-state index in [0.717, 1.165) is 12.1 Å². The fraction of sp³-hybridized carbons (Fsp3) is 0.500. The molecule has 1 aromatic carbocycles. The molecule has 0 aliphatic carbocycles. The van der Waals surface area contributed by atoms with Gasteiger partial charge in [-0.25, -0.2) is 4.39 Å². The van der Waals surface area contributed by atoms with Gasteiger partial charge >= 0.3 is 6.18 Å². The summed E-state index contributed by atoms with van der Waals surface area (Å²) in [5.74, 6) is -0.728. The van der Waals surface area contributed by atoms with Crippen LogP contribution in [0.1, 0.15) is 37.4 Å². The molecule has 0 radical (unpaired) electrons. The first-order valence-electron chi connectivity index (χ1n) is 5.34. The number of nitrogens with two attached hydrogens (primary N) is 1. The van der Waals surface area contributed by atoms with E-state index in [-0.39, 0.29) is 11.5 Å². The third kappa shape index (κ3) is 3.70. The monoisotopic (exact) mass is 249 g/mol. The molecule has 0 fully saturated rings. The first-order chi connectivity index (χ1) is 7.71. The van der Waals surface area contributed by atoms with Crippen molar-refractivity contribution in [3.63, 3.8) is 0 Å². The van der Waals surface area contributed by atoms with Gasteiger partial charge in [-0.05, 0) is 30.0 Å². The van der Waals surface area contributed by atoms with Gasteiger partial charge in [-0.1, -0.05) is 19.9 Å². The van der Waals surface area contributed by atoms with Crippen LogP contribution in [-0.2, 0) is 6.18 Å². The summed E-state index contributed by atoms with van der Waals surface area (Å²) in [6.45, 7) is 3.74. The van der Waals surface area contributed by atoms with Crippen LogP contribution in [0.5, 0.6) is 0 Å². The Kier molecular flexibility index (Phi) is 4.14. The van der Waals surface area contributed by atoms with Crippen LogP contribution in [0, 0.1) is 11.7 Å². The second kappa shape index (κ2) is 5.04. The summed E-state index contributed by atoms with van der Waals surface area (Å²) in [5.41, 5.74) is 4.69. The summed E-state index contributed by atoms with van der Waals surface area (Å²) in [6.07, 6.45) is -4.15. The fourth-order valence-electron chi connectivity index (χ4n) is 1.73. The van der Waals surface area contributed by atoms with Crippen molar-refractivity contribution in [1.29, 1.82) is 0 Å². The summed E-state index contributed by atoms with van der Waals surface area (Å²) >= 11 is 0. The largest absolute Gasteiger partial charge is 0.416 e. The lowest BCUT2D eigenvalue weighted by Gasteiger charge is -2.19. The Morgan fingerprint density at radius 1 is 1.24 bits per heavy atom. The van der Waals surface area contributed by atoms with Gasteiger partial charge in [-0.15, -0.1) is 0 Å². The van der Waals surface area contributed by atoms with E-state index in [2.05, 4.69) is 0 Å². The SMILES string of the molecule is CC(C)C[C@H](N)c1ccc(F)cc1C(F)(F)F. The van der Waals surface area contributed by atoms with Crippen molar-refractivity contribution in [2.24, 2.45) is 11.7 Å². The molecule has 5 heteroatoms. The molecular weight excluding hydrogens is 234 g/mol. The number of benzene rings is 1. The van der Waals surface area contributed by atoms with Crippen LogP contribution in [0.2, 0.25) is 0 Å². The number of alkyl halides is 3. The highest BCUT2D eigenvalue weighted by molar-refractivity contribution is 5.32. The first-order valence-corrected chi connectivity index (χ1v) is 5.34. The lowest BCUT2D eigenvalue weighted by atomic mass is 9.94. The molecule has 0 bridgehead atoms. The van der Waals surface area contributed by atoms with E-state index in [4.69, 9.17) is 5.73 Å². The fourth-order valence-corrected chi connectivity index (χ4v) is 1.73. The zero-order valence-electron chi connectivity index (χ0n) is 9.68. The predicted molar refractivity (Wildman–Crippen MR) is 57.8 cm³/mol. The highest BCUT2D eigenvalue weighted by atomic mass is 19.4. The lowest BCUT2D eigenvalue weighted by molar-refractivity contribution is -0.138. The number of halogens is 4. The molecule has 2 N–H and O–H groups in total. The van der Waals surface area contributed by atoms with Gasteiger partial charge in [0.05, 0.1) is 5.56 Å². The summed E-state index contributed by atoms with van der Waals surface area (Å²) < 4.78 is 51.0. The molecule has 0 amide bonds. The third-order valence-corrected chi connectivity index (χ3v) is 2.45. The van der Waals surface area contributed by atoms with Gasteiger partial charge in [0.25, 0.3) is 0 Å². The standard InChI is InChI=1S/C12H15F4N/c1-7(2)5-11(17)9-4-3-8(13)6-10(9)12(14,15)16/h3-4,6-7,11H,5,17H2,1-2H3/t11-/m0/s1. The Labute approximate surface area is 97.6 Å². The van der Waals surface area contributed by atoms with Gasteiger partial charge in [0, 0.05) is 6.04 Å². The van der Waals surface area contributed by atoms with E-state index in [1.165, 1.54) is 0 Å². The second-order valence-electron chi connectivity index (χ2n) is 4.47. The molecule has 17 heavy (non-hydrogen) atoms. The van der Waals surface area contributed by atoms with Crippen molar-refractivity contribution in [2.45, 2.75) is 32.5 Å². The minimum Gasteiger partial charge on any atom is -0.324 e. The van der Waals surface area contributed by atoms with E-state index >= 15 is 0 Å². The van der Waals surface area contributed by atoms with Gasteiger partial charge in [-0.2, -0.15) is 13.2 Å². The molecule has 0 aromatic heterocycles. The molecule has 0 saturated carbocycles. The van der Waals surface area contributed by atoms with Gasteiger partial charge in [0.2, 0.25) is 0 Å². The molecule has 0 unspecified atom stereocenters. The van der Waals surface area contributed by atoms with Crippen LogP contribution in [0.4, 0.5) is 17.6 Å². The molecule has 1 atom stereocenters. The van der Waals surface area contributed by atoms with E-state index in [9.17, 15) is 17.6 Å². The van der Waals surface area contributed by atoms with Crippen LogP contribution in [0.25, 0.3) is 0 Å². The lowest BCUT2D eigenvalue weighted by Crippen LogP contribution is -2.19. The van der Waals surface area contributed by atoms with E-state index in [0.29, 0.717) is 12.5 Å². The first kappa shape index (κ1) is 14.0. The molecule has 0 aliphatic heterocycles.